The van der Waals surface area contributed by atoms with Crippen molar-refractivity contribution in [3.8, 4) is 0 Å². The van der Waals surface area contributed by atoms with Crippen LogP contribution in [0.2, 0.25) is 10.0 Å². The first-order valence-electron chi connectivity index (χ1n) is 5.54. The summed E-state index contributed by atoms with van der Waals surface area (Å²) in [5.41, 5.74) is 0.442. The second kappa shape index (κ2) is 6.24. The van der Waals surface area contributed by atoms with Gasteiger partial charge in [-0.1, -0.05) is 45.2 Å². The third-order valence-corrected chi connectivity index (χ3v) is 4.41. The van der Waals surface area contributed by atoms with E-state index in [1.165, 1.54) is 0 Å². The van der Waals surface area contributed by atoms with Crippen molar-refractivity contribution in [1.29, 1.82) is 0 Å². The highest BCUT2D eigenvalue weighted by molar-refractivity contribution is 9.09. The second-order valence-corrected chi connectivity index (χ2v) is 5.42. The van der Waals surface area contributed by atoms with Crippen LogP contribution in [0.3, 0.4) is 0 Å². The van der Waals surface area contributed by atoms with E-state index in [-0.39, 0.29) is 11.9 Å². The van der Waals surface area contributed by atoms with Gasteiger partial charge in [0, 0.05) is 11.9 Å². The fraction of sp³-hybridized carbons (Fsp3) is 0.417. The van der Waals surface area contributed by atoms with Gasteiger partial charge in [-0.2, -0.15) is 0 Å². The number of hydrogen-bond donors (Lipinski definition) is 0. The molecule has 0 saturated carbocycles. The number of amides is 1. The lowest BCUT2D eigenvalue weighted by molar-refractivity contribution is 0.00526. The number of carbonyl (C=O) groups excluding carboxylic acids is 1. The van der Waals surface area contributed by atoms with E-state index in [0.717, 1.165) is 0 Å². The van der Waals surface area contributed by atoms with Gasteiger partial charge in [-0.05, 0) is 12.1 Å². The molecule has 0 bridgehead atoms. The molecule has 1 unspecified atom stereocenters. The molecule has 0 radical (unpaired) electrons. The molecule has 1 aliphatic rings. The molecule has 6 heteroatoms. The maximum absolute atomic E-state index is 12.4. The number of hydrogen-bond acceptors (Lipinski definition) is 2. The number of carbonyl (C=O) groups is 1. The third kappa shape index (κ3) is 2.82. The first-order chi connectivity index (χ1) is 8.65. The van der Waals surface area contributed by atoms with Gasteiger partial charge in [0.25, 0.3) is 5.91 Å². The van der Waals surface area contributed by atoms with Crippen LogP contribution in [0.4, 0.5) is 0 Å². The van der Waals surface area contributed by atoms with Crippen LogP contribution in [-0.4, -0.2) is 41.9 Å². The Morgan fingerprint density at radius 1 is 1.50 bits per heavy atom. The zero-order chi connectivity index (χ0) is 13.1. The molecule has 1 aromatic carbocycles. The van der Waals surface area contributed by atoms with Crippen molar-refractivity contribution < 1.29 is 9.53 Å². The minimum atomic E-state index is -0.102. The quantitative estimate of drug-likeness (QED) is 0.765. The summed E-state index contributed by atoms with van der Waals surface area (Å²) in [6.07, 6.45) is 0. The molecule has 0 N–H and O–H groups in total. The molecule has 1 saturated heterocycles. The largest absolute Gasteiger partial charge is 0.377 e. The van der Waals surface area contributed by atoms with Gasteiger partial charge in [0.05, 0.1) is 34.9 Å². The van der Waals surface area contributed by atoms with Crippen LogP contribution in [0, 0.1) is 0 Å². The Morgan fingerprint density at radius 3 is 3.00 bits per heavy atom. The molecule has 0 spiro atoms. The van der Waals surface area contributed by atoms with Gasteiger partial charge >= 0.3 is 0 Å². The van der Waals surface area contributed by atoms with E-state index in [2.05, 4.69) is 15.9 Å². The van der Waals surface area contributed by atoms with Crippen molar-refractivity contribution in [3.05, 3.63) is 33.8 Å². The van der Waals surface area contributed by atoms with Crippen LogP contribution < -0.4 is 0 Å². The Labute approximate surface area is 124 Å². The van der Waals surface area contributed by atoms with E-state index in [9.17, 15) is 4.79 Å². The highest BCUT2D eigenvalue weighted by atomic mass is 79.9. The van der Waals surface area contributed by atoms with E-state index >= 15 is 0 Å². The van der Waals surface area contributed by atoms with Crippen LogP contribution >= 0.6 is 39.1 Å². The molecule has 1 fully saturated rings. The maximum atomic E-state index is 12.4. The number of rotatable bonds is 2. The molecular weight excluding hydrogens is 341 g/mol. The smallest absolute Gasteiger partial charge is 0.255 e. The van der Waals surface area contributed by atoms with Crippen molar-refractivity contribution in [1.82, 2.24) is 4.90 Å². The molecule has 18 heavy (non-hydrogen) atoms. The fourth-order valence-corrected chi connectivity index (χ4v) is 2.79. The summed E-state index contributed by atoms with van der Waals surface area (Å²) < 4.78 is 5.36. The van der Waals surface area contributed by atoms with Crippen LogP contribution in [0.15, 0.2) is 18.2 Å². The van der Waals surface area contributed by atoms with Crippen molar-refractivity contribution >= 4 is 45.0 Å². The molecule has 1 heterocycles. The van der Waals surface area contributed by atoms with Gasteiger partial charge in [0.15, 0.2) is 0 Å². The number of morpholine rings is 1. The summed E-state index contributed by atoms with van der Waals surface area (Å²) in [5, 5.41) is 1.38. The first kappa shape index (κ1) is 14.1. The molecule has 0 aliphatic carbocycles. The molecule has 1 amide bonds. The molecule has 1 aliphatic heterocycles. The lowest BCUT2D eigenvalue weighted by Crippen LogP contribution is -2.49. The van der Waals surface area contributed by atoms with Crippen LogP contribution in [0.5, 0.6) is 0 Å². The van der Waals surface area contributed by atoms with Gasteiger partial charge in [-0.3, -0.25) is 4.79 Å². The number of halogens is 3. The minimum absolute atomic E-state index is 0.0290. The van der Waals surface area contributed by atoms with Crippen LogP contribution in [0.25, 0.3) is 0 Å². The van der Waals surface area contributed by atoms with Crippen molar-refractivity contribution in [2.45, 2.75) is 6.04 Å². The Morgan fingerprint density at radius 2 is 2.28 bits per heavy atom. The predicted molar refractivity (Wildman–Crippen MR) is 75.9 cm³/mol. The topological polar surface area (TPSA) is 29.5 Å². The number of nitrogens with zero attached hydrogens (tertiary/aromatic N) is 1. The van der Waals surface area contributed by atoms with Gasteiger partial charge in [-0.25, -0.2) is 0 Å². The number of ether oxygens (including phenoxy) is 1. The minimum Gasteiger partial charge on any atom is -0.377 e. The highest BCUT2D eigenvalue weighted by Gasteiger charge is 2.28. The molecule has 3 nitrogen and oxygen atoms in total. The SMILES string of the molecule is O=C(c1cccc(Cl)c1Cl)N1CCOCC1CBr. The fourth-order valence-electron chi connectivity index (χ4n) is 1.87. The van der Waals surface area contributed by atoms with Crippen LogP contribution in [0.1, 0.15) is 10.4 Å². The predicted octanol–water partition coefficient (Wildman–Crippen LogP) is 3.23. The van der Waals surface area contributed by atoms with E-state index in [4.69, 9.17) is 27.9 Å². The van der Waals surface area contributed by atoms with Gasteiger partial charge in [0.1, 0.15) is 0 Å². The van der Waals surface area contributed by atoms with E-state index in [1.54, 1.807) is 23.1 Å². The lowest BCUT2D eigenvalue weighted by Gasteiger charge is -2.34. The summed E-state index contributed by atoms with van der Waals surface area (Å²) >= 11 is 15.4. The molecule has 1 aromatic rings. The third-order valence-electron chi connectivity index (χ3n) is 2.85. The molecule has 1 atom stereocenters. The number of benzene rings is 1. The van der Waals surface area contributed by atoms with Crippen molar-refractivity contribution in [2.75, 3.05) is 25.1 Å². The van der Waals surface area contributed by atoms with Gasteiger partial charge < -0.3 is 9.64 Å². The Balaban J connectivity index is 2.27. The highest BCUT2D eigenvalue weighted by Crippen LogP contribution is 2.27. The first-order valence-corrected chi connectivity index (χ1v) is 7.41. The van der Waals surface area contributed by atoms with E-state index in [0.29, 0.717) is 40.7 Å². The van der Waals surface area contributed by atoms with Crippen molar-refractivity contribution in [3.63, 3.8) is 0 Å². The summed E-state index contributed by atoms with van der Waals surface area (Å²) in [4.78, 5) is 14.2. The molecule has 2 rings (SSSR count). The molecule has 98 valence electrons. The van der Waals surface area contributed by atoms with Gasteiger partial charge in [0.2, 0.25) is 0 Å². The zero-order valence-electron chi connectivity index (χ0n) is 9.54. The summed E-state index contributed by atoms with van der Waals surface area (Å²) in [5.74, 6) is -0.102. The lowest BCUT2D eigenvalue weighted by atomic mass is 10.1. The summed E-state index contributed by atoms with van der Waals surface area (Å²) in [6.45, 7) is 1.65. The Kier molecular flexibility index (Phi) is 4.90. The molecule has 0 aromatic heterocycles. The Hall–Kier alpha value is -0.290. The maximum Gasteiger partial charge on any atom is 0.255 e. The van der Waals surface area contributed by atoms with Crippen LogP contribution in [-0.2, 0) is 4.74 Å². The van der Waals surface area contributed by atoms with Gasteiger partial charge in [-0.15, -0.1) is 0 Å². The standard InChI is InChI=1S/C12H12BrCl2NO2/c13-6-8-7-18-5-4-16(8)12(17)9-2-1-3-10(14)11(9)15/h1-3,8H,4-7H2. The average molecular weight is 353 g/mol. The molecular formula is C12H12BrCl2NO2. The average Bonchev–Trinajstić information content (AvgIpc) is 2.41. The summed E-state index contributed by atoms with van der Waals surface area (Å²) in [7, 11) is 0. The van der Waals surface area contributed by atoms with Crippen molar-refractivity contribution in [2.24, 2.45) is 0 Å². The zero-order valence-corrected chi connectivity index (χ0v) is 12.6. The Bertz CT molecular complexity index is 456. The second-order valence-electron chi connectivity index (χ2n) is 3.98. The monoisotopic (exact) mass is 351 g/mol. The van der Waals surface area contributed by atoms with E-state index in [1.807, 2.05) is 0 Å². The normalized spacial score (nSPS) is 19.9. The number of alkyl halides is 1. The summed E-state index contributed by atoms with van der Waals surface area (Å²) in [6, 6.07) is 5.12. The van der Waals surface area contributed by atoms with E-state index < -0.39 is 0 Å².